The molecule has 0 heterocycles. The summed E-state index contributed by atoms with van der Waals surface area (Å²) in [5, 5.41) is 0.395. The van der Waals surface area contributed by atoms with Crippen LogP contribution in [-0.2, 0) is 10.8 Å². The molecule has 0 saturated carbocycles. The third kappa shape index (κ3) is 4.04. The molecule has 0 aromatic heterocycles. The van der Waals surface area contributed by atoms with Crippen LogP contribution < -0.4 is 0 Å². The minimum atomic E-state index is -0.565. The van der Waals surface area contributed by atoms with E-state index in [-0.39, 0.29) is 0 Å². The normalized spacial score (nSPS) is 16.7. The molecule has 0 spiro atoms. The molecule has 0 rings (SSSR count). The molecular weight excluding hydrogens is 144 g/mol. The van der Waals surface area contributed by atoms with Gasteiger partial charge in [-0.15, -0.1) is 0 Å². The van der Waals surface area contributed by atoms with Crippen LogP contribution >= 0.6 is 0 Å². The molecule has 0 bridgehead atoms. The summed E-state index contributed by atoms with van der Waals surface area (Å²) in [7, 11) is -0.565. The summed E-state index contributed by atoms with van der Waals surface area (Å²) in [5.41, 5.74) is 0. The van der Waals surface area contributed by atoms with Crippen molar-refractivity contribution in [2.45, 2.75) is 45.3 Å². The molecule has 0 aliphatic carbocycles. The zero-order valence-electron chi connectivity index (χ0n) is 7.22. The first-order chi connectivity index (χ1) is 4.72. The van der Waals surface area contributed by atoms with Crippen molar-refractivity contribution >= 4 is 10.8 Å². The van der Waals surface area contributed by atoms with Crippen LogP contribution in [0.3, 0.4) is 0 Å². The SMILES string of the molecule is CCCCS(=O)C(C)CC. The molecule has 2 unspecified atom stereocenters. The summed E-state index contributed by atoms with van der Waals surface area (Å²) in [5.74, 6) is 0.894. The third-order valence-corrected chi connectivity index (χ3v) is 3.64. The van der Waals surface area contributed by atoms with Gasteiger partial charge in [-0.05, 0) is 12.8 Å². The highest BCUT2D eigenvalue weighted by Crippen LogP contribution is 2.02. The molecule has 62 valence electrons. The van der Waals surface area contributed by atoms with E-state index >= 15 is 0 Å². The van der Waals surface area contributed by atoms with Gasteiger partial charge in [0.15, 0.2) is 0 Å². The van der Waals surface area contributed by atoms with Crippen LogP contribution in [0.1, 0.15) is 40.0 Å². The highest BCUT2D eigenvalue weighted by Gasteiger charge is 2.06. The number of rotatable bonds is 5. The van der Waals surface area contributed by atoms with Crippen molar-refractivity contribution in [1.82, 2.24) is 0 Å². The van der Waals surface area contributed by atoms with Gasteiger partial charge in [-0.2, -0.15) is 0 Å². The van der Waals surface area contributed by atoms with E-state index in [1.165, 1.54) is 0 Å². The van der Waals surface area contributed by atoms with Gasteiger partial charge >= 0.3 is 0 Å². The van der Waals surface area contributed by atoms with Gasteiger partial charge in [0, 0.05) is 21.8 Å². The molecule has 0 fully saturated rings. The topological polar surface area (TPSA) is 17.1 Å². The van der Waals surface area contributed by atoms with Crippen molar-refractivity contribution in [3.63, 3.8) is 0 Å². The predicted molar refractivity (Wildman–Crippen MR) is 47.7 cm³/mol. The molecule has 0 aliphatic rings. The van der Waals surface area contributed by atoms with Gasteiger partial charge in [0.25, 0.3) is 0 Å². The lowest BCUT2D eigenvalue weighted by atomic mass is 10.4. The second kappa shape index (κ2) is 5.90. The number of unbranched alkanes of at least 4 members (excludes halogenated alkanes) is 1. The van der Waals surface area contributed by atoms with Crippen LogP contribution in [0.2, 0.25) is 0 Å². The largest absolute Gasteiger partial charge is 0.259 e. The maximum Gasteiger partial charge on any atom is 0.0317 e. The van der Waals surface area contributed by atoms with Gasteiger partial charge in [0.2, 0.25) is 0 Å². The van der Waals surface area contributed by atoms with Crippen LogP contribution in [-0.4, -0.2) is 15.2 Å². The maximum absolute atomic E-state index is 11.2. The summed E-state index contributed by atoms with van der Waals surface area (Å²) in [4.78, 5) is 0. The van der Waals surface area contributed by atoms with E-state index in [1.807, 2.05) is 0 Å². The molecule has 0 aromatic rings. The lowest BCUT2D eigenvalue weighted by molar-refractivity contribution is 0.666. The van der Waals surface area contributed by atoms with Crippen LogP contribution in [0.15, 0.2) is 0 Å². The number of hydrogen-bond donors (Lipinski definition) is 0. The van der Waals surface area contributed by atoms with Crippen LogP contribution in [0.5, 0.6) is 0 Å². The summed E-state index contributed by atoms with van der Waals surface area (Å²) in [6.45, 7) is 6.29. The van der Waals surface area contributed by atoms with Crippen LogP contribution in [0, 0.1) is 0 Å². The highest BCUT2D eigenvalue weighted by molar-refractivity contribution is 7.85. The Hall–Kier alpha value is 0.150. The van der Waals surface area contributed by atoms with Gasteiger partial charge in [-0.1, -0.05) is 27.2 Å². The third-order valence-electron chi connectivity index (χ3n) is 1.72. The average molecular weight is 162 g/mol. The van der Waals surface area contributed by atoms with E-state index in [9.17, 15) is 4.21 Å². The fourth-order valence-corrected chi connectivity index (χ4v) is 2.02. The Morgan fingerprint density at radius 3 is 2.40 bits per heavy atom. The van der Waals surface area contributed by atoms with Crippen molar-refractivity contribution in [2.24, 2.45) is 0 Å². The minimum absolute atomic E-state index is 0.395. The van der Waals surface area contributed by atoms with E-state index < -0.39 is 10.8 Å². The van der Waals surface area contributed by atoms with Crippen LogP contribution in [0.4, 0.5) is 0 Å². The molecule has 2 atom stereocenters. The molecule has 0 amide bonds. The fraction of sp³-hybridized carbons (Fsp3) is 1.00. The molecule has 0 N–H and O–H groups in total. The Labute approximate surface area is 66.7 Å². The molecule has 10 heavy (non-hydrogen) atoms. The molecule has 0 radical (unpaired) electrons. The lowest BCUT2D eigenvalue weighted by Gasteiger charge is -2.06. The van der Waals surface area contributed by atoms with Crippen molar-refractivity contribution in [3.8, 4) is 0 Å². The van der Waals surface area contributed by atoms with E-state index in [2.05, 4.69) is 20.8 Å². The number of hydrogen-bond acceptors (Lipinski definition) is 1. The van der Waals surface area contributed by atoms with Crippen molar-refractivity contribution < 1.29 is 4.21 Å². The second-order valence-electron chi connectivity index (χ2n) is 2.66. The summed E-state index contributed by atoms with van der Waals surface area (Å²) >= 11 is 0. The Morgan fingerprint density at radius 2 is 2.00 bits per heavy atom. The van der Waals surface area contributed by atoms with Crippen LogP contribution in [0.25, 0.3) is 0 Å². The maximum atomic E-state index is 11.2. The zero-order chi connectivity index (χ0) is 7.98. The second-order valence-corrected chi connectivity index (χ2v) is 4.63. The summed E-state index contributed by atoms with van der Waals surface area (Å²) < 4.78 is 11.2. The van der Waals surface area contributed by atoms with Gasteiger partial charge in [-0.25, -0.2) is 0 Å². The highest BCUT2D eigenvalue weighted by atomic mass is 32.2. The standard InChI is InChI=1S/C8H18OS/c1-4-6-7-10(9)8(3)5-2/h8H,4-7H2,1-3H3. The monoisotopic (exact) mass is 162 g/mol. The molecule has 0 saturated heterocycles. The Bertz CT molecular complexity index is 101. The van der Waals surface area contributed by atoms with E-state index in [0.717, 1.165) is 25.0 Å². The van der Waals surface area contributed by atoms with Gasteiger partial charge in [-0.3, -0.25) is 4.21 Å². The summed E-state index contributed by atoms with van der Waals surface area (Å²) in [6.07, 6.45) is 3.30. The Kier molecular flexibility index (Phi) is 5.99. The molecule has 2 heteroatoms. The Morgan fingerprint density at radius 1 is 1.40 bits per heavy atom. The fourth-order valence-electron chi connectivity index (χ4n) is 0.674. The predicted octanol–water partition coefficient (Wildman–Crippen LogP) is 2.33. The van der Waals surface area contributed by atoms with Crippen molar-refractivity contribution in [2.75, 3.05) is 5.75 Å². The first-order valence-corrected chi connectivity index (χ1v) is 5.47. The smallest absolute Gasteiger partial charge is 0.0317 e. The molecule has 0 aliphatic heterocycles. The lowest BCUT2D eigenvalue weighted by Crippen LogP contribution is -2.12. The average Bonchev–Trinajstić information content (AvgIpc) is 1.98. The quantitative estimate of drug-likeness (QED) is 0.606. The zero-order valence-corrected chi connectivity index (χ0v) is 8.04. The molecular formula is C8H18OS. The minimum Gasteiger partial charge on any atom is -0.259 e. The molecule has 0 aromatic carbocycles. The first kappa shape index (κ1) is 10.2. The first-order valence-electron chi connectivity index (χ1n) is 4.09. The van der Waals surface area contributed by atoms with Crippen molar-refractivity contribution in [1.29, 1.82) is 0 Å². The van der Waals surface area contributed by atoms with Gasteiger partial charge in [0.1, 0.15) is 0 Å². The molecule has 1 nitrogen and oxygen atoms in total. The van der Waals surface area contributed by atoms with E-state index in [1.54, 1.807) is 0 Å². The van der Waals surface area contributed by atoms with E-state index in [0.29, 0.717) is 5.25 Å². The van der Waals surface area contributed by atoms with E-state index in [4.69, 9.17) is 0 Å². The summed E-state index contributed by atoms with van der Waals surface area (Å²) in [6, 6.07) is 0. The van der Waals surface area contributed by atoms with Crippen molar-refractivity contribution in [3.05, 3.63) is 0 Å². The van der Waals surface area contributed by atoms with Gasteiger partial charge < -0.3 is 0 Å². The Balaban J connectivity index is 3.42. The van der Waals surface area contributed by atoms with Gasteiger partial charge in [0.05, 0.1) is 0 Å².